The van der Waals surface area contributed by atoms with E-state index in [-0.39, 0.29) is 25.3 Å². The Morgan fingerprint density at radius 3 is 2.70 bits per heavy atom. The summed E-state index contributed by atoms with van der Waals surface area (Å²) in [7, 11) is 0. The van der Waals surface area contributed by atoms with Crippen LogP contribution in [0.3, 0.4) is 0 Å². The van der Waals surface area contributed by atoms with Crippen molar-refractivity contribution < 1.29 is 24.5 Å². The van der Waals surface area contributed by atoms with Gasteiger partial charge < -0.3 is 20.3 Å². The van der Waals surface area contributed by atoms with Gasteiger partial charge in [0.15, 0.2) is 0 Å². The molecule has 1 fully saturated rings. The maximum absolute atomic E-state index is 12.7. The zero-order valence-corrected chi connectivity index (χ0v) is 18.3. The lowest BCUT2D eigenvalue weighted by Crippen LogP contribution is -2.47. The number of aliphatic hydroxyl groups is 1. The zero-order chi connectivity index (χ0) is 22.1. The average Bonchev–Trinajstić information content (AvgIpc) is 3.24. The molecule has 0 radical (unpaired) electrons. The van der Waals surface area contributed by atoms with Crippen molar-refractivity contribution in [3.8, 4) is 16.2 Å². The predicted molar refractivity (Wildman–Crippen MR) is 113 cm³/mol. The number of phenols is 1. The number of phenolic OH excluding ortho intramolecular Hbond substituents is 1. The molecule has 1 aliphatic heterocycles. The number of hydrogen-bond donors (Lipinski definition) is 3. The van der Waals surface area contributed by atoms with E-state index in [1.165, 1.54) is 16.2 Å². The highest BCUT2D eigenvalue weighted by molar-refractivity contribution is 7.13. The van der Waals surface area contributed by atoms with Gasteiger partial charge in [-0.1, -0.05) is 12.1 Å². The Kier molecular flexibility index (Phi) is 6.33. The third-order valence-electron chi connectivity index (χ3n) is 4.76. The number of hydrogen-bond acceptors (Lipinski definition) is 7. The highest BCUT2D eigenvalue weighted by atomic mass is 32.1. The van der Waals surface area contributed by atoms with Gasteiger partial charge in [-0.25, -0.2) is 9.78 Å². The van der Waals surface area contributed by atoms with Crippen LogP contribution in [0.2, 0.25) is 0 Å². The van der Waals surface area contributed by atoms with E-state index in [1.54, 1.807) is 38.4 Å². The van der Waals surface area contributed by atoms with Crippen molar-refractivity contribution in [3.63, 3.8) is 0 Å². The van der Waals surface area contributed by atoms with Gasteiger partial charge in [-0.2, -0.15) is 0 Å². The highest BCUT2D eigenvalue weighted by Crippen LogP contribution is 2.31. The molecule has 162 valence electrons. The van der Waals surface area contributed by atoms with Crippen LogP contribution in [0.15, 0.2) is 23.7 Å². The first-order valence-electron chi connectivity index (χ1n) is 9.73. The monoisotopic (exact) mass is 433 g/mol. The van der Waals surface area contributed by atoms with E-state index in [0.29, 0.717) is 5.56 Å². The molecule has 2 heterocycles. The third-order valence-corrected chi connectivity index (χ3v) is 5.73. The Bertz CT molecular complexity index is 937. The van der Waals surface area contributed by atoms with E-state index in [2.05, 4.69) is 10.3 Å². The molecule has 1 aliphatic rings. The molecule has 0 saturated carbocycles. The number of nitrogens with one attached hydrogen (secondary N) is 1. The van der Waals surface area contributed by atoms with E-state index < -0.39 is 29.7 Å². The summed E-state index contributed by atoms with van der Waals surface area (Å²) in [4.78, 5) is 31.5. The summed E-state index contributed by atoms with van der Waals surface area (Å²) in [6.45, 7) is 7.28. The fourth-order valence-electron chi connectivity index (χ4n) is 3.32. The van der Waals surface area contributed by atoms with Crippen LogP contribution in [0.4, 0.5) is 4.79 Å². The lowest BCUT2D eigenvalue weighted by molar-refractivity contribution is -0.125. The molecule has 2 aromatic rings. The normalized spacial score (nSPS) is 19.0. The van der Waals surface area contributed by atoms with Gasteiger partial charge in [-0.05, 0) is 39.3 Å². The van der Waals surface area contributed by atoms with Gasteiger partial charge >= 0.3 is 6.09 Å². The molecule has 3 N–H and O–H groups in total. The van der Waals surface area contributed by atoms with E-state index in [4.69, 9.17) is 4.74 Å². The molecule has 9 heteroatoms. The maximum atomic E-state index is 12.7. The van der Waals surface area contributed by atoms with Crippen molar-refractivity contribution in [1.29, 1.82) is 0 Å². The first kappa shape index (κ1) is 22.0. The summed E-state index contributed by atoms with van der Waals surface area (Å²) in [5.74, 6) is -0.338. The van der Waals surface area contributed by atoms with Crippen LogP contribution in [0, 0.1) is 6.92 Å². The predicted octanol–water partition coefficient (Wildman–Crippen LogP) is 2.81. The molecule has 0 aliphatic carbocycles. The minimum Gasteiger partial charge on any atom is -0.508 e. The average molecular weight is 434 g/mol. The third kappa shape index (κ3) is 5.09. The summed E-state index contributed by atoms with van der Waals surface area (Å²) >= 11 is 1.49. The highest BCUT2D eigenvalue weighted by Gasteiger charge is 2.40. The van der Waals surface area contributed by atoms with Gasteiger partial charge in [0.25, 0.3) is 0 Å². The topological polar surface area (TPSA) is 112 Å². The molecule has 8 nitrogen and oxygen atoms in total. The molecule has 1 unspecified atom stereocenters. The number of aliphatic hydroxyl groups excluding tert-OH is 1. The van der Waals surface area contributed by atoms with Crippen molar-refractivity contribution in [2.45, 2.75) is 58.4 Å². The number of likely N-dealkylation sites (tertiary alicyclic amines) is 1. The first-order valence-corrected chi connectivity index (χ1v) is 10.6. The molecule has 3 rings (SSSR count). The van der Waals surface area contributed by atoms with Crippen molar-refractivity contribution in [2.75, 3.05) is 6.54 Å². The van der Waals surface area contributed by atoms with Crippen molar-refractivity contribution in [1.82, 2.24) is 15.2 Å². The standard InChI is InChI=1S/C21H27N3O5S/c1-12-18(30-11-23-12)13-5-6-14(17(26)7-13)9-22-19(27)16-8-15(25)10-24(16)20(28)29-21(2,3)4/h5-7,11,15-16,25-26H,8-10H2,1-4H3,(H,22,27)/t15-,16?/m1/s1. The van der Waals surface area contributed by atoms with Crippen molar-refractivity contribution >= 4 is 23.3 Å². The second-order valence-electron chi connectivity index (χ2n) is 8.37. The Morgan fingerprint density at radius 2 is 2.10 bits per heavy atom. The number of nitrogens with zero attached hydrogens (tertiary/aromatic N) is 2. The number of aromatic hydroxyl groups is 1. The number of ether oxygens (including phenoxy) is 1. The van der Waals surface area contributed by atoms with Crippen LogP contribution in [0.5, 0.6) is 5.75 Å². The SMILES string of the molecule is Cc1ncsc1-c1ccc(CNC(=O)C2C[C@@H](O)CN2C(=O)OC(C)(C)C)c(O)c1. The van der Waals surface area contributed by atoms with E-state index in [0.717, 1.165) is 16.1 Å². The van der Waals surface area contributed by atoms with Gasteiger partial charge in [-0.15, -0.1) is 11.3 Å². The fraction of sp³-hybridized carbons (Fsp3) is 0.476. The summed E-state index contributed by atoms with van der Waals surface area (Å²) in [6, 6.07) is 4.44. The minimum atomic E-state index is -0.823. The number of β-amino-alcohol motifs (C(OH)–C–C–N with tert-alkyl or cyclic N) is 1. The van der Waals surface area contributed by atoms with Crippen LogP contribution < -0.4 is 5.32 Å². The number of rotatable bonds is 4. The molecule has 1 aromatic heterocycles. The number of benzene rings is 1. The van der Waals surface area contributed by atoms with Crippen molar-refractivity contribution in [2.24, 2.45) is 0 Å². The van der Waals surface area contributed by atoms with Gasteiger partial charge in [0.2, 0.25) is 5.91 Å². The number of carbonyl (C=O) groups excluding carboxylic acids is 2. The largest absolute Gasteiger partial charge is 0.508 e. The fourth-order valence-corrected chi connectivity index (χ4v) is 4.12. The van der Waals surface area contributed by atoms with Crippen LogP contribution in [0.1, 0.15) is 38.4 Å². The Labute approximate surface area is 179 Å². The quantitative estimate of drug-likeness (QED) is 0.684. The number of carbonyl (C=O) groups is 2. The second kappa shape index (κ2) is 8.61. The molecule has 0 bridgehead atoms. The number of amides is 2. The van der Waals surface area contributed by atoms with Crippen LogP contribution in [-0.4, -0.2) is 56.4 Å². The molecule has 2 atom stereocenters. The lowest BCUT2D eigenvalue weighted by atomic mass is 10.1. The van der Waals surface area contributed by atoms with Crippen LogP contribution in [0.25, 0.3) is 10.4 Å². The summed E-state index contributed by atoms with van der Waals surface area (Å²) < 4.78 is 5.34. The first-order chi connectivity index (χ1) is 14.0. The molecule has 1 aromatic carbocycles. The van der Waals surface area contributed by atoms with Gasteiger partial charge in [0.05, 0.1) is 28.7 Å². The molecule has 2 amide bonds. The summed E-state index contributed by atoms with van der Waals surface area (Å²) in [5.41, 5.74) is 3.36. The Morgan fingerprint density at radius 1 is 1.37 bits per heavy atom. The Balaban J connectivity index is 1.65. The van der Waals surface area contributed by atoms with Gasteiger partial charge in [-0.3, -0.25) is 9.69 Å². The molecular weight excluding hydrogens is 406 g/mol. The maximum Gasteiger partial charge on any atom is 0.411 e. The minimum absolute atomic E-state index is 0.0428. The number of thiazole rings is 1. The molecule has 1 saturated heterocycles. The Hall–Kier alpha value is -2.65. The van der Waals surface area contributed by atoms with E-state index >= 15 is 0 Å². The smallest absolute Gasteiger partial charge is 0.411 e. The summed E-state index contributed by atoms with van der Waals surface area (Å²) in [6.07, 6.45) is -1.28. The lowest BCUT2D eigenvalue weighted by Gasteiger charge is -2.27. The molecule has 30 heavy (non-hydrogen) atoms. The zero-order valence-electron chi connectivity index (χ0n) is 17.5. The second-order valence-corrected chi connectivity index (χ2v) is 9.22. The van der Waals surface area contributed by atoms with Crippen molar-refractivity contribution in [3.05, 3.63) is 35.0 Å². The van der Waals surface area contributed by atoms with Crippen LogP contribution in [-0.2, 0) is 16.1 Å². The number of aryl methyl sites for hydroxylation is 1. The summed E-state index contributed by atoms with van der Waals surface area (Å²) in [5, 5.41) is 23.1. The van der Waals surface area contributed by atoms with E-state index in [1.807, 2.05) is 13.0 Å². The van der Waals surface area contributed by atoms with Gasteiger partial charge in [0.1, 0.15) is 17.4 Å². The number of aromatic nitrogens is 1. The van der Waals surface area contributed by atoms with E-state index in [9.17, 15) is 19.8 Å². The molecule has 0 spiro atoms. The molecular formula is C21H27N3O5S. The van der Waals surface area contributed by atoms with Gasteiger partial charge in [0, 0.05) is 18.5 Å². The van der Waals surface area contributed by atoms with Crippen LogP contribution >= 0.6 is 11.3 Å².